The van der Waals surface area contributed by atoms with E-state index in [1.807, 2.05) is 13.8 Å². The summed E-state index contributed by atoms with van der Waals surface area (Å²) in [6, 6.07) is 0. The Morgan fingerprint density at radius 1 is 0.941 bits per heavy atom. The van der Waals surface area contributed by atoms with Gasteiger partial charge in [-0.25, -0.2) is 0 Å². The summed E-state index contributed by atoms with van der Waals surface area (Å²) in [5, 5.41) is 6.94. The molecule has 0 saturated carbocycles. The first-order chi connectivity index (χ1) is 8.20. The molecule has 0 aromatic heterocycles. The minimum atomic E-state index is 0.165. The Balaban J connectivity index is 3.53. The van der Waals surface area contributed by atoms with E-state index in [9.17, 15) is 0 Å². The van der Waals surface area contributed by atoms with Crippen molar-refractivity contribution < 1.29 is 4.74 Å². The van der Waals surface area contributed by atoms with Crippen molar-refractivity contribution in [2.45, 2.75) is 51.7 Å². The van der Waals surface area contributed by atoms with Gasteiger partial charge in [0.25, 0.3) is 0 Å². The largest absolute Gasteiger partial charge is 0.376 e. The molecule has 2 atom stereocenters. The highest BCUT2D eigenvalue weighted by Crippen LogP contribution is 2.09. The van der Waals surface area contributed by atoms with Gasteiger partial charge >= 0.3 is 0 Å². The van der Waals surface area contributed by atoms with E-state index in [2.05, 4.69) is 20.1 Å². The lowest BCUT2D eigenvalue weighted by Gasteiger charge is -2.18. The minimum Gasteiger partial charge on any atom is -0.376 e. The molecule has 0 aromatic rings. The van der Waals surface area contributed by atoms with E-state index in [0.717, 1.165) is 25.7 Å². The second kappa shape index (κ2) is 11.1. The fourth-order valence-corrected chi connectivity index (χ4v) is 1.52. The van der Waals surface area contributed by atoms with Gasteiger partial charge in [0, 0.05) is 22.9 Å². The van der Waals surface area contributed by atoms with Crippen LogP contribution in [0.25, 0.3) is 20.9 Å². The number of hydrogen-bond acceptors (Lipinski definition) is 3. The summed E-state index contributed by atoms with van der Waals surface area (Å²) in [5.41, 5.74) is 16.2. The Bertz CT molecular complexity index is 255. The first-order valence-electron chi connectivity index (χ1n) is 5.88. The Labute approximate surface area is 101 Å². The molecule has 17 heavy (non-hydrogen) atoms. The van der Waals surface area contributed by atoms with Crippen molar-refractivity contribution in [2.75, 3.05) is 13.1 Å². The molecule has 0 heterocycles. The number of rotatable bonds is 10. The zero-order valence-corrected chi connectivity index (χ0v) is 10.5. The molecule has 96 valence electrons. The maximum absolute atomic E-state index is 8.11. The van der Waals surface area contributed by atoms with Gasteiger partial charge in [0.15, 0.2) is 0 Å². The van der Waals surface area contributed by atoms with Crippen LogP contribution in [0, 0.1) is 0 Å². The van der Waals surface area contributed by atoms with Crippen molar-refractivity contribution in [1.82, 2.24) is 0 Å². The van der Waals surface area contributed by atoms with E-state index in [1.54, 1.807) is 0 Å². The average Bonchev–Trinajstić information content (AvgIpc) is 2.30. The number of nitrogens with zero attached hydrogens (tertiary/aromatic N) is 6. The second-order valence-corrected chi connectivity index (χ2v) is 3.95. The highest BCUT2D eigenvalue weighted by molar-refractivity contribution is 4.59. The van der Waals surface area contributed by atoms with Gasteiger partial charge in [-0.3, -0.25) is 0 Å². The SMILES string of the molecule is CC(CCCN=[N+]=[N-])OC(C)CCCN=[N+]=[N-]. The molecule has 7 heteroatoms. The normalized spacial score (nSPS) is 13.3. The van der Waals surface area contributed by atoms with Crippen LogP contribution in [-0.4, -0.2) is 25.3 Å². The molecule has 0 amide bonds. The molecule has 7 nitrogen and oxygen atoms in total. The molecular formula is C10H20N6O. The highest BCUT2D eigenvalue weighted by Gasteiger charge is 2.07. The maximum atomic E-state index is 8.11. The molecule has 0 rings (SSSR count). The zero-order chi connectivity index (χ0) is 12.9. The lowest BCUT2D eigenvalue weighted by atomic mass is 10.2. The first-order valence-corrected chi connectivity index (χ1v) is 5.88. The quantitative estimate of drug-likeness (QED) is 0.245. The summed E-state index contributed by atoms with van der Waals surface area (Å²) in [6.07, 6.45) is 3.80. The van der Waals surface area contributed by atoms with Gasteiger partial charge in [-0.15, -0.1) is 0 Å². The minimum absolute atomic E-state index is 0.165. The van der Waals surface area contributed by atoms with Gasteiger partial charge in [0.05, 0.1) is 12.2 Å². The molecule has 0 aliphatic rings. The predicted octanol–water partition coefficient (Wildman–Crippen LogP) is 3.96. The summed E-state index contributed by atoms with van der Waals surface area (Å²) in [6.45, 7) is 5.07. The summed E-state index contributed by atoms with van der Waals surface area (Å²) in [5.74, 6) is 0. The molecule has 0 radical (unpaired) electrons. The summed E-state index contributed by atoms with van der Waals surface area (Å²) >= 11 is 0. The van der Waals surface area contributed by atoms with E-state index in [1.165, 1.54) is 0 Å². The van der Waals surface area contributed by atoms with Crippen LogP contribution in [0.4, 0.5) is 0 Å². The third-order valence-corrected chi connectivity index (χ3v) is 2.33. The lowest BCUT2D eigenvalue weighted by molar-refractivity contribution is -0.00109. The molecule has 0 aromatic carbocycles. The van der Waals surface area contributed by atoms with Gasteiger partial charge < -0.3 is 4.74 Å². The van der Waals surface area contributed by atoms with Crippen LogP contribution in [0.3, 0.4) is 0 Å². The molecular weight excluding hydrogens is 220 g/mol. The van der Waals surface area contributed by atoms with Crippen LogP contribution in [0.2, 0.25) is 0 Å². The molecule has 0 aliphatic heterocycles. The number of azide groups is 2. The van der Waals surface area contributed by atoms with Crippen molar-refractivity contribution in [3.63, 3.8) is 0 Å². The number of ether oxygens (including phenoxy) is 1. The fraction of sp³-hybridized carbons (Fsp3) is 1.00. The molecule has 0 fully saturated rings. The molecule has 0 spiro atoms. The average molecular weight is 240 g/mol. The van der Waals surface area contributed by atoms with E-state index < -0.39 is 0 Å². The topological polar surface area (TPSA) is 107 Å². The standard InChI is InChI=1S/C10H20N6O/c1-9(5-3-7-13-15-11)17-10(2)6-4-8-14-16-12/h9-10H,3-8H2,1-2H3. The van der Waals surface area contributed by atoms with Gasteiger partial charge in [-0.05, 0) is 50.6 Å². The van der Waals surface area contributed by atoms with Crippen LogP contribution >= 0.6 is 0 Å². The molecule has 0 aliphatic carbocycles. The number of hydrogen-bond donors (Lipinski definition) is 0. The van der Waals surface area contributed by atoms with Gasteiger partial charge in [0.2, 0.25) is 0 Å². The summed E-state index contributed by atoms with van der Waals surface area (Å²) in [7, 11) is 0. The third kappa shape index (κ3) is 10.9. The Kier molecular flexibility index (Phi) is 10.2. The monoisotopic (exact) mass is 240 g/mol. The highest BCUT2D eigenvalue weighted by atomic mass is 16.5. The van der Waals surface area contributed by atoms with Crippen molar-refractivity contribution in [1.29, 1.82) is 0 Å². The third-order valence-electron chi connectivity index (χ3n) is 2.33. The predicted molar refractivity (Wildman–Crippen MR) is 66.5 cm³/mol. The molecule has 0 N–H and O–H groups in total. The molecule has 0 saturated heterocycles. The Morgan fingerprint density at radius 3 is 1.71 bits per heavy atom. The first kappa shape index (κ1) is 15.6. The second-order valence-electron chi connectivity index (χ2n) is 3.95. The summed E-state index contributed by atoms with van der Waals surface area (Å²) in [4.78, 5) is 5.39. The van der Waals surface area contributed by atoms with E-state index >= 15 is 0 Å². The van der Waals surface area contributed by atoms with Crippen molar-refractivity contribution >= 4 is 0 Å². The maximum Gasteiger partial charge on any atom is 0.0550 e. The molecule has 2 unspecified atom stereocenters. The van der Waals surface area contributed by atoms with Crippen LogP contribution in [0.1, 0.15) is 39.5 Å². The van der Waals surface area contributed by atoms with Crippen molar-refractivity contribution in [3.8, 4) is 0 Å². The van der Waals surface area contributed by atoms with Crippen molar-refractivity contribution in [3.05, 3.63) is 20.9 Å². The van der Waals surface area contributed by atoms with Gasteiger partial charge in [0.1, 0.15) is 0 Å². The van der Waals surface area contributed by atoms with E-state index in [-0.39, 0.29) is 12.2 Å². The Morgan fingerprint density at radius 2 is 1.35 bits per heavy atom. The fourth-order valence-electron chi connectivity index (χ4n) is 1.52. The summed E-state index contributed by atoms with van der Waals surface area (Å²) < 4.78 is 5.74. The van der Waals surface area contributed by atoms with Crippen LogP contribution < -0.4 is 0 Å². The Hall–Kier alpha value is -1.42. The lowest BCUT2D eigenvalue weighted by Crippen LogP contribution is -2.17. The smallest absolute Gasteiger partial charge is 0.0550 e. The van der Waals surface area contributed by atoms with E-state index in [4.69, 9.17) is 15.8 Å². The zero-order valence-electron chi connectivity index (χ0n) is 10.5. The van der Waals surface area contributed by atoms with Crippen LogP contribution in [0.15, 0.2) is 10.2 Å². The van der Waals surface area contributed by atoms with E-state index in [0.29, 0.717) is 13.1 Å². The molecule has 0 bridgehead atoms. The van der Waals surface area contributed by atoms with Gasteiger partial charge in [-0.2, -0.15) is 0 Å². The van der Waals surface area contributed by atoms with Crippen LogP contribution in [-0.2, 0) is 4.74 Å². The van der Waals surface area contributed by atoms with Crippen LogP contribution in [0.5, 0.6) is 0 Å². The van der Waals surface area contributed by atoms with Gasteiger partial charge in [-0.1, -0.05) is 10.2 Å². The van der Waals surface area contributed by atoms with Crippen molar-refractivity contribution in [2.24, 2.45) is 10.2 Å².